The molecular formula is C12H13FO3. The van der Waals surface area contributed by atoms with Gasteiger partial charge in [0, 0.05) is 12.0 Å². The number of halogens is 1. The van der Waals surface area contributed by atoms with Crippen LogP contribution >= 0.6 is 0 Å². The van der Waals surface area contributed by atoms with E-state index in [4.69, 9.17) is 9.84 Å². The lowest BCUT2D eigenvalue weighted by atomic mass is 9.77. The van der Waals surface area contributed by atoms with E-state index in [0.717, 1.165) is 0 Å². The Hall–Kier alpha value is -1.42. The molecule has 1 fully saturated rings. The van der Waals surface area contributed by atoms with Crippen LogP contribution in [-0.2, 0) is 14.9 Å². The van der Waals surface area contributed by atoms with Gasteiger partial charge in [0.1, 0.15) is 5.82 Å². The molecule has 1 aromatic carbocycles. The molecule has 0 bridgehead atoms. The molecule has 0 radical (unpaired) electrons. The summed E-state index contributed by atoms with van der Waals surface area (Å²) in [4.78, 5) is 10.9. The number of benzene rings is 1. The van der Waals surface area contributed by atoms with Crippen molar-refractivity contribution in [2.45, 2.75) is 18.3 Å². The van der Waals surface area contributed by atoms with E-state index < -0.39 is 11.4 Å². The molecule has 2 rings (SSSR count). The summed E-state index contributed by atoms with van der Waals surface area (Å²) in [6.45, 7) is 0.881. The minimum atomic E-state index is -0.880. The normalized spacial score (nSPS) is 24.6. The van der Waals surface area contributed by atoms with Crippen molar-refractivity contribution in [3.63, 3.8) is 0 Å². The zero-order valence-corrected chi connectivity index (χ0v) is 8.78. The lowest BCUT2D eigenvalue weighted by Gasteiger charge is -2.25. The predicted molar refractivity (Wildman–Crippen MR) is 55.8 cm³/mol. The van der Waals surface area contributed by atoms with Gasteiger partial charge in [-0.15, -0.1) is 0 Å². The zero-order chi connectivity index (χ0) is 11.6. The molecule has 0 aromatic heterocycles. The SMILES string of the molecule is O=C(O)CC1(c2cccc(F)c2)CCOC1. The number of hydrogen-bond acceptors (Lipinski definition) is 2. The summed E-state index contributed by atoms with van der Waals surface area (Å²) in [6, 6.07) is 6.12. The van der Waals surface area contributed by atoms with Crippen LogP contribution in [0.5, 0.6) is 0 Å². The van der Waals surface area contributed by atoms with Gasteiger partial charge in [0.25, 0.3) is 0 Å². The van der Waals surface area contributed by atoms with Crippen molar-refractivity contribution in [2.24, 2.45) is 0 Å². The van der Waals surface area contributed by atoms with E-state index in [-0.39, 0.29) is 12.2 Å². The first kappa shape index (κ1) is 11.1. The summed E-state index contributed by atoms with van der Waals surface area (Å²) < 4.78 is 18.4. The first-order valence-corrected chi connectivity index (χ1v) is 5.18. The fraction of sp³-hybridized carbons (Fsp3) is 0.417. The topological polar surface area (TPSA) is 46.5 Å². The molecule has 1 unspecified atom stereocenters. The molecule has 86 valence electrons. The van der Waals surface area contributed by atoms with Crippen LogP contribution in [0.4, 0.5) is 4.39 Å². The van der Waals surface area contributed by atoms with Gasteiger partial charge < -0.3 is 9.84 Å². The summed E-state index contributed by atoms with van der Waals surface area (Å²) in [6.07, 6.45) is 0.610. The molecule has 4 heteroatoms. The van der Waals surface area contributed by atoms with E-state index in [1.165, 1.54) is 12.1 Å². The molecular weight excluding hydrogens is 211 g/mol. The Bertz CT molecular complexity index is 397. The Balaban J connectivity index is 2.35. The largest absolute Gasteiger partial charge is 0.481 e. The highest BCUT2D eigenvalue weighted by Gasteiger charge is 2.38. The van der Waals surface area contributed by atoms with Gasteiger partial charge in [-0.3, -0.25) is 4.79 Å². The van der Waals surface area contributed by atoms with E-state index >= 15 is 0 Å². The number of hydrogen-bond donors (Lipinski definition) is 1. The van der Waals surface area contributed by atoms with Gasteiger partial charge in [-0.1, -0.05) is 12.1 Å². The Kier molecular flexibility index (Phi) is 2.92. The minimum Gasteiger partial charge on any atom is -0.481 e. The first-order valence-electron chi connectivity index (χ1n) is 5.18. The fourth-order valence-electron chi connectivity index (χ4n) is 2.18. The molecule has 1 atom stereocenters. The predicted octanol–water partition coefficient (Wildman–Crippen LogP) is 1.96. The summed E-state index contributed by atoms with van der Waals surface area (Å²) in [5.74, 6) is -1.22. The van der Waals surface area contributed by atoms with Crippen LogP contribution in [0, 0.1) is 5.82 Å². The van der Waals surface area contributed by atoms with Crippen molar-refractivity contribution in [2.75, 3.05) is 13.2 Å². The van der Waals surface area contributed by atoms with Gasteiger partial charge in [-0.25, -0.2) is 4.39 Å². The zero-order valence-electron chi connectivity index (χ0n) is 8.78. The van der Waals surface area contributed by atoms with Crippen molar-refractivity contribution in [1.82, 2.24) is 0 Å². The second-order valence-electron chi connectivity index (χ2n) is 4.16. The van der Waals surface area contributed by atoms with Crippen molar-refractivity contribution in [3.05, 3.63) is 35.6 Å². The molecule has 0 saturated carbocycles. The second kappa shape index (κ2) is 4.22. The summed E-state index contributed by atoms with van der Waals surface area (Å²) in [5, 5.41) is 8.92. The van der Waals surface area contributed by atoms with Gasteiger partial charge in [0.2, 0.25) is 0 Å². The lowest BCUT2D eigenvalue weighted by Crippen LogP contribution is -2.29. The molecule has 0 aliphatic carbocycles. The Labute approximate surface area is 92.9 Å². The van der Waals surface area contributed by atoms with Crippen LogP contribution in [0.1, 0.15) is 18.4 Å². The van der Waals surface area contributed by atoms with Crippen molar-refractivity contribution < 1.29 is 19.0 Å². The van der Waals surface area contributed by atoms with Crippen LogP contribution in [0.25, 0.3) is 0 Å². The average molecular weight is 224 g/mol. The van der Waals surface area contributed by atoms with Crippen LogP contribution in [-0.4, -0.2) is 24.3 Å². The first-order chi connectivity index (χ1) is 7.62. The maximum atomic E-state index is 13.1. The summed E-state index contributed by atoms with van der Waals surface area (Å²) in [5.41, 5.74) is 0.154. The van der Waals surface area contributed by atoms with Gasteiger partial charge in [0.15, 0.2) is 0 Å². The number of rotatable bonds is 3. The van der Waals surface area contributed by atoms with Crippen molar-refractivity contribution in [3.8, 4) is 0 Å². The number of carboxylic acid groups (broad SMARTS) is 1. The molecule has 1 heterocycles. The quantitative estimate of drug-likeness (QED) is 0.853. The molecule has 0 amide bonds. The fourth-order valence-corrected chi connectivity index (χ4v) is 2.18. The van der Waals surface area contributed by atoms with Gasteiger partial charge >= 0.3 is 5.97 Å². The molecule has 1 aliphatic heterocycles. The standard InChI is InChI=1S/C12H13FO3/c13-10-3-1-2-9(6-10)12(7-11(14)15)4-5-16-8-12/h1-3,6H,4-5,7-8H2,(H,14,15). The molecule has 1 aliphatic rings. The Morgan fingerprint density at radius 3 is 2.94 bits per heavy atom. The maximum Gasteiger partial charge on any atom is 0.304 e. The smallest absolute Gasteiger partial charge is 0.304 e. The Morgan fingerprint density at radius 1 is 1.56 bits per heavy atom. The Morgan fingerprint density at radius 2 is 2.38 bits per heavy atom. The van der Waals surface area contributed by atoms with E-state index in [0.29, 0.717) is 25.2 Å². The third kappa shape index (κ3) is 2.07. The van der Waals surface area contributed by atoms with Crippen LogP contribution in [0.2, 0.25) is 0 Å². The number of aliphatic carboxylic acids is 1. The molecule has 1 saturated heterocycles. The number of carbonyl (C=O) groups is 1. The average Bonchev–Trinajstić information content (AvgIpc) is 2.66. The van der Waals surface area contributed by atoms with Crippen LogP contribution < -0.4 is 0 Å². The van der Waals surface area contributed by atoms with Gasteiger partial charge in [-0.05, 0) is 24.1 Å². The number of ether oxygens (including phenoxy) is 1. The van der Waals surface area contributed by atoms with E-state index in [2.05, 4.69) is 0 Å². The van der Waals surface area contributed by atoms with E-state index in [1.54, 1.807) is 12.1 Å². The lowest BCUT2D eigenvalue weighted by molar-refractivity contribution is -0.138. The number of carboxylic acids is 1. The van der Waals surface area contributed by atoms with Gasteiger partial charge in [0.05, 0.1) is 13.0 Å². The molecule has 16 heavy (non-hydrogen) atoms. The third-order valence-corrected chi connectivity index (χ3v) is 3.03. The minimum absolute atomic E-state index is 0.0174. The molecule has 0 spiro atoms. The molecule has 1 aromatic rings. The summed E-state index contributed by atoms with van der Waals surface area (Å²) in [7, 11) is 0. The molecule has 3 nitrogen and oxygen atoms in total. The van der Waals surface area contributed by atoms with Crippen LogP contribution in [0.15, 0.2) is 24.3 Å². The van der Waals surface area contributed by atoms with Crippen LogP contribution in [0.3, 0.4) is 0 Å². The van der Waals surface area contributed by atoms with E-state index in [1.807, 2.05) is 0 Å². The van der Waals surface area contributed by atoms with Crippen molar-refractivity contribution >= 4 is 5.97 Å². The van der Waals surface area contributed by atoms with E-state index in [9.17, 15) is 9.18 Å². The highest BCUT2D eigenvalue weighted by Crippen LogP contribution is 2.36. The summed E-state index contributed by atoms with van der Waals surface area (Å²) >= 11 is 0. The highest BCUT2D eigenvalue weighted by molar-refractivity contribution is 5.69. The third-order valence-electron chi connectivity index (χ3n) is 3.03. The maximum absolute atomic E-state index is 13.1. The van der Waals surface area contributed by atoms with Gasteiger partial charge in [-0.2, -0.15) is 0 Å². The highest BCUT2D eigenvalue weighted by atomic mass is 19.1. The van der Waals surface area contributed by atoms with Crippen molar-refractivity contribution in [1.29, 1.82) is 0 Å². The second-order valence-corrected chi connectivity index (χ2v) is 4.16. The molecule has 1 N–H and O–H groups in total. The monoisotopic (exact) mass is 224 g/mol.